The third-order valence-electron chi connectivity index (χ3n) is 4.93. The van der Waals surface area contributed by atoms with Crippen LogP contribution in [0.3, 0.4) is 0 Å². The maximum absolute atomic E-state index is 12.5. The van der Waals surface area contributed by atoms with E-state index < -0.39 is 5.92 Å². The fraction of sp³-hybridized carbons (Fsp3) is 0.318. The number of benzene rings is 2. The van der Waals surface area contributed by atoms with Gasteiger partial charge in [-0.3, -0.25) is 14.4 Å². The van der Waals surface area contributed by atoms with Gasteiger partial charge in [-0.05, 0) is 24.3 Å². The molecule has 2 aromatic carbocycles. The zero-order valence-corrected chi connectivity index (χ0v) is 17.0. The monoisotopic (exact) mass is 411 g/mol. The van der Waals surface area contributed by atoms with Crippen LogP contribution in [0.4, 0.5) is 5.69 Å². The van der Waals surface area contributed by atoms with Crippen LogP contribution in [0.2, 0.25) is 0 Å². The van der Waals surface area contributed by atoms with E-state index in [0.717, 1.165) is 0 Å². The van der Waals surface area contributed by atoms with Crippen LogP contribution in [-0.2, 0) is 9.59 Å². The molecule has 0 aliphatic carbocycles. The number of hydrogen-bond donors (Lipinski definition) is 2. The molecule has 3 amide bonds. The van der Waals surface area contributed by atoms with Crippen LogP contribution >= 0.6 is 0 Å². The Hall–Kier alpha value is -3.55. The molecule has 8 heteroatoms. The highest BCUT2D eigenvalue weighted by atomic mass is 16.5. The van der Waals surface area contributed by atoms with E-state index >= 15 is 0 Å². The Balaban J connectivity index is 1.49. The molecule has 158 valence electrons. The van der Waals surface area contributed by atoms with Crippen LogP contribution in [-0.4, -0.2) is 51.6 Å². The number of carbonyl (C=O) groups is 3. The number of nitrogens with zero attached hydrogens (tertiary/aromatic N) is 1. The topological polar surface area (TPSA) is 97.0 Å². The van der Waals surface area contributed by atoms with Crippen molar-refractivity contribution in [1.82, 2.24) is 10.6 Å². The number of carbonyl (C=O) groups excluding carboxylic acids is 3. The van der Waals surface area contributed by atoms with Crippen molar-refractivity contribution in [1.29, 1.82) is 0 Å². The minimum atomic E-state index is -0.452. The van der Waals surface area contributed by atoms with Gasteiger partial charge in [0.15, 0.2) is 0 Å². The van der Waals surface area contributed by atoms with Gasteiger partial charge in [0.1, 0.15) is 11.5 Å². The largest absolute Gasteiger partial charge is 0.496 e. The van der Waals surface area contributed by atoms with Crippen LogP contribution in [0.5, 0.6) is 11.5 Å². The lowest BCUT2D eigenvalue weighted by Crippen LogP contribution is -2.38. The zero-order chi connectivity index (χ0) is 21.5. The van der Waals surface area contributed by atoms with Crippen LogP contribution in [0.1, 0.15) is 16.8 Å². The van der Waals surface area contributed by atoms with Crippen molar-refractivity contribution in [3.8, 4) is 11.5 Å². The molecule has 2 aromatic rings. The molecule has 0 bridgehead atoms. The molecule has 1 unspecified atom stereocenters. The van der Waals surface area contributed by atoms with Gasteiger partial charge in [0, 0.05) is 26.1 Å². The summed E-state index contributed by atoms with van der Waals surface area (Å²) in [4.78, 5) is 38.7. The Bertz CT molecular complexity index is 930. The Morgan fingerprint density at radius 3 is 2.33 bits per heavy atom. The summed E-state index contributed by atoms with van der Waals surface area (Å²) >= 11 is 0. The summed E-state index contributed by atoms with van der Waals surface area (Å²) in [5.74, 6) is 0.00901. The van der Waals surface area contributed by atoms with E-state index in [4.69, 9.17) is 9.47 Å². The standard InChI is InChI=1S/C22H25N3O5/c1-29-18-9-5-3-7-16(18)22(28)24-12-11-23-21(27)15-13-20(26)25(14-15)17-8-4-6-10-19(17)30-2/h3-10,15H,11-14H2,1-2H3,(H,23,27)(H,24,28). The molecule has 1 fully saturated rings. The molecule has 30 heavy (non-hydrogen) atoms. The molecule has 2 N–H and O–H groups in total. The predicted octanol–water partition coefficient (Wildman–Crippen LogP) is 1.60. The normalized spacial score (nSPS) is 15.6. The quantitative estimate of drug-likeness (QED) is 0.643. The summed E-state index contributed by atoms with van der Waals surface area (Å²) in [5.41, 5.74) is 1.09. The van der Waals surface area contributed by atoms with E-state index in [2.05, 4.69) is 10.6 Å². The highest BCUT2D eigenvalue weighted by Crippen LogP contribution is 2.32. The van der Waals surface area contributed by atoms with E-state index in [1.165, 1.54) is 7.11 Å². The molecular formula is C22H25N3O5. The van der Waals surface area contributed by atoms with Gasteiger partial charge in [-0.25, -0.2) is 0 Å². The Morgan fingerprint density at radius 1 is 0.967 bits per heavy atom. The molecule has 1 heterocycles. The molecule has 0 saturated carbocycles. The number of ether oxygens (including phenoxy) is 2. The van der Waals surface area contributed by atoms with E-state index in [1.54, 1.807) is 48.4 Å². The molecule has 0 aromatic heterocycles. The second kappa shape index (κ2) is 9.78. The lowest BCUT2D eigenvalue weighted by molar-refractivity contribution is -0.126. The summed E-state index contributed by atoms with van der Waals surface area (Å²) in [6, 6.07) is 14.1. The van der Waals surface area contributed by atoms with Crippen LogP contribution < -0.4 is 25.0 Å². The summed E-state index contributed by atoms with van der Waals surface area (Å²) < 4.78 is 10.5. The van der Waals surface area contributed by atoms with E-state index in [0.29, 0.717) is 29.3 Å². The lowest BCUT2D eigenvalue weighted by Gasteiger charge is -2.19. The number of nitrogens with one attached hydrogen (secondary N) is 2. The number of hydrogen-bond acceptors (Lipinski definition) is 5. The van der Waals surface area contributed by atoms with E-state index in [9.17, 15) is 14.4 Å². The van der Waals surface area contributed by atoms with Gasteiger partial charge in [-0.2, -0.15) is 0 Å². The summed E-state index contributed by atoms with van der Waals surface area (Å²) in [5, 5.41) is 5.54. The zero-order valence-electron chi connectivity index (χ0n) is 17.0. The van der Waals surface area contributed by atoms with Crippen molar-refractivity contribution in [2.75, 3.05) is 38.8 Å². The van der Waals surface area contributed by atoms with Gasteiger partial charge < -0.3 is 25.0 Å². The Labute approximate surface area is 175 Å². The van der Waals surface area contributed by atoms with Gasteiger partial charge in [-0.1, -0.05) is 24.3 Å². The van der Waals surface area contributed by atoms with E-state index in [-0.39, 0.29) is 37.2 Å². The average molecular weight is 411 g/mol. The van der Waals surface area contributed by atoms with Crippen molar-refractivity contribution >= 4 is 23.4 Å². The third-order valence-corrected chi connectivity index (χ3v) is 4.93. The van der Waals surface area contributed by atoms with E-state index in [1.807, 2.05) is 12.1 Å². The molecule has 0 spiro atoms. The van der Waals surface area contributed by atoms with Crippen molar-refractivity contribution in [3.05, 3.63) is 54.1 Å². The fourth-order valence-corrected chi connectivity index (χ4v) is 3.40. The summed E-state index contributed by atoms with van der Waals surface area (Å²) in [6.07, 6.45) is 0.136. The molecule has 3 rings (SSSR count). The number of methoxy groups -OCH3 is 2. The highest BCUT2D eigenvalue weighted by molar-refractivity contribution is 6.01. The fourth-order valence-electron chi connectivity index (χ4n) is 3.40. The second-order valence-corrected chi connectivity index (χ2v) is 6.82. The molecule has 1 atom stereocenters. The van der Waals surface area contributed by atoms with Crippen molar-refractivity contribution in [2.24, 2.45) is 5.92 Å². The average Bonchev–Trinajstić information content (AvgIpc) is 3.17. The minimum Gasteiger partial charge on any atom is -0.496 e. The minimum absolute atomic E-state index is 0.121. The van der Waals surface area contributed by atoms with Gasteiger partial charge in [0.2, 0.25) is 11.8 Å². The molecule has 8 nitrogen and oxygen atoms in total. The number of para-hydroxylation sites is 3. The van der Waals surface area contributed by atoms with Crippen molar-refractivity contribution in [3.63, 3.8) is 0 Å². The smallest absolute Gasteiger partial charge is 0.255 e. The SMILES string of the molecule is COc1ccccc1C(=O)NCCNC(=O)C1CC(=O)N(c2ccccc2OC)C1. The maximum Gasteiger partial charge on any atom is 0.255 e. The number of anilines is 1. The molecule has 1 saturated heterocycles. The van der Waals surface area contributed by atoms with Crippen LogP contribution in [0, 0.1) is 5.92 Å². The number of amides is 3. The Morgan fingerprint density at radius 2 is 1.60 bits per heavy atom. The molecule has 1 aliphatic rings. The molecule has 0 radical (unpaired) electrons. The first kappa shape index (κ1) is 21.2. The highest BCUT2D eigenvalue weighted by Gasteiger charge is 2.36. The van der Waals surface area contributed by atoms with Gasteiger partial charge in [0.25, 0.3) is 5.91 Å². The summed E-state index contributed by atoms with van der Waals surface area (Å²) in [6.45, 7) is 0.817. The Kier molecular flexibility index (Phi) is 6.90. The van der Waals surface area contributed by atoms with Gasteiger partial charge in [-0.15, -0.1) is 0 Å². The third kappa shape index (κ3) is 4.71. The van der Waals surface area contributed by atoms with Crippen LogP contribution in [0.15, 0.2) is 48.5 Å². The van der Waals surface area contributed by atoms with Crippen molar-refractivity contribution < 1.29 is 23.9 Å². The first-order chi connectivity index (χ1) is 14.5. The first-order valence-corrected chi connectivity index (χ1v) is 9.67. The first-order valence-electron chi connectivity index (χ1n) is 9.67. The predicted molar refractivity (Wildman–Crippen MR) is 112 cm³/mol. The lowest BCUT2D eigenvalue weighted by atomic mass is 10.1. The van der Waals surface area contributed by atoms with Crippen molar-refractivity contribution in [2.45, 2.75) is 6.42 Å². The summed E-state index contributed by atoms with van der Waals surface area (Å²) in [7, 11) is 3.05. The van der Waals surface area contributed by atoms with Gasteiger partial charge >= 0.3 is 0 Å². The maximum atomic E-state index is 12.5. The van der Waals surface area contributed by atoms with Crippen LogP contribution in [0.25, 0.3) is 0 Å². The molecular weight excluding hydrogens is 386 g/mol. The molecule has 1 aliphatic heterocycles. The second-order valence-electron chi connectivity index (χ2n) is 6.82. The number of rotatable bonds is 8. The van der Waals surface area contributed by atoms with Gasteiger partial charge in [0.05, 0.1) is 31.4 Å².